The summed E-state index contributed by atoms with van der Waals surface area (Å²) in [6.45, 7) is 3.99. The van der Waals surface area contributed by atoms with Crippen molar-refractivity contribution in [2.75, 3.05) is 5.32 Å². The molecule has 0 saturated carbocycles. The first kappa shape index (κ1) is 22.2. The minimum absolute atomic E-state index is 0.0470. The van der Waals surface area contributed by atoms with E-state index in [9.17, 15) is 14.4 Å². The van der Waals surface area contributed by atoms with Gasteiger partial charge in [-0.25, -0.2) is 0 Å². The van der Waals surface area contributed by atoms with Gasteiger partial charge in [-0.1, -0.05) is 30.7 Å². The van der Waals surface area contributed by atoms with Gasteiger partial charge in [-0.2, -0.15) is 0 Å². The van der Waals surface area contributed by atoms with E-state index in [4.69, 9.17) is 16.3 Å². The van der Waals surface area contributed by atoms with Crippen LogP contribution in [0, 0.1) is 0 Å². The summed E-state index contributed by atoms with van der Waals surface area (Å²) in [5, 5.41) is 3.04. The highest BCUT2D eigenvalue weighted by Crippen LogP contribution is 2.20. The summed E-state index contributed by atoms with van der Waals surface area (Å²) in [4.78, 5) is 35.9. The van der Waals surface area contributed by atoms with Gasteiger partial charge < -0.3 is 10.1 Å². The predicted molar refractivity (Wildman–Crippen MR) is 112 cm³/mol. The molecule has 0 heterocycles. The maximum Gasteiger partial charge on any atom is 0.269 e. The molecule has 0 fully saturated rings. The van der Waals surface area contributed by atoms with Crippen molar-refractivity contribution in [1.29, 1.82) is 0 Å². The van der Waals surface area contributed by atoms with Crippen molar-refractivity contribution in [1.82, 2.24) is 10.9 Å². The summed E-state index contributed by atoms with van der Waals surface area (Å²) >= 11 is 5.97. The highest BCUT2D eigenvalue weighted by atomic mass is 35.5. The van der Waals surface area contributed by atoms with Crippen molar-refractivity contribution < 1.29 is 19.1 Å². The highest BCUT2D eigenvalue weighted by molar-refractivity contribution is 6.33. The first-order valence-corrected chi connectivity index (χ1v) is 9.67. The van der Waals surface area contributed by atoms with E-state index in [-0.39, 0.29) is 24.9 Å². The number of amides is 3. The minimum Gasteiger partial charge on any atom is -0.491 e. The van der Waals surface area contributed by atoms with Crippen LogP contribution in [0.5, 0.6) is 5.75 Å². The zero-order valence-corrected chi connectivity index (χ0v) is 17.1. The Morgan fingerprint density at radius 2 is 1.62 bits per heavy atom. The van der Waals surface area contributed by atoms with Crippen LogP contribution in [0.3, 0.4) is 0 Å². The van der Waals surface area contributed by atoms with E-state index in [0.717, 1.165) is 6.42 Å². The maximum absolute atomic E-state index is 12.1. The Hall–Kier alpha value is -3.06. The van der Waals surface area contributed by atoms with Crippen molar-refractivity contribution in [3.63, 3.8) is 0 Å². The Labute approximate surface area is 174 Å². The van der Waals surface area contributed by atoms with E-state index in [1.54, 1.807) is 48.5 Å². The van der Waals surface area contributed by atoms with Gasteiger partial charge in [0, 0.05) is 18.4 Å². The molecule has 1 atom stereocenters. The van der Waals surface area contributed by atoms with Gasteiger partial charge in [0.25, 0.3) is 5.91 Å². The van der Waals surface area contributed by atoms with Gasteiger partial charge in [-0.3, -0.25) is 25.2 Å². The van der Waals surface area contributed by atoms with Gasteiger partial charge in [-0.15, -0.1) is 0 Å². The molecule has 0 saturated heterocycles. The number of hydrogen-bond donors (Lipinski definition) is 3. The lowest BCUT2D eigenvalue weighted by Crippen LogP contribution is -2.41. The number of carbonyl (C=O) groups is 3. The Kier molecular flexibility index (Phi) is 8.48. The lowest BCUT2D eigenvalue weighted by molar-refractivity contribution is -0.124. The van der Waals surface area contributed by atoms with Crippen LogP contribution >= 0.6 is 11.6 Å². The molecule has 2 aromatic rings. The third-order valence-electron chi connectivity index (χ3n) is 4.07. The zero-order chi connectivity index (χ0) is 21.2. The normalized spacial score (nSPS) is 11.3. The van der Waals surface area contributed by atoms with E-state index in [0.29, 0.717) is 22.0 Å². The van der Waals surface area contributed by atoms with Crippen LogP contribution in [0.1, 0.15) is 43.5 Å². The molecule has 0 aliphatic carbocycles. The highest BCUT2D eigenvalue weighted by Gasteiger charge is 2.11. The summed E-state index contributed by atoms with van der Waals surface area (Å²) in [6.07, 6.45) is 0.835. The molecule has 0 aromatic heterocycles. The number of hydrogen-bond acceptors (Lipinski definition) is 4. The van der Waals surface area contributed by atoms with Crippen LogP contribution in [-0.2, 0) is 9.59 Å². The number of rotatable bonds is 8. The molecular weight excluding hydrogens is 394 g/mol. The average molecular weight is 418 g/mol. The van der Waals surface area contributed by atoms with E-state index in [1.807, 2.05) is 13.8 Å². The quantitative estimate of drug-likeness (QED) is 0.570. The monoisotopic (exact) mass is 417 g/mol. The lowest BCUT2D eigenvalue weighted by Gasteiger charge is -2.13. The van der Waals surface area contributed by atoms with Crippen molar-refractivity contribution >= 4 is 35.0 Å². The van der Waals surface area contributed by atoms with Gasteiger partial charge in [0.1, 0.15) is 5.75 Å². The van der Waals surface area contributed by atoms with Crippen LogP contribution in [-0.4, -0.2) is 23.8 Å². The number of nitrogens with one attached hydrogen (secondary N) is 3. The van der Waals surface area contributed by atoms with Crippen molar-refractivity contribution in [2.24, 2.45) is 0 Å². The molecule has 1 unspecified atom stereocenters. The van der Waals surface area contributed by atoms with Crippen LogP contribution in [0.4, 0.5) is 5.69 Å². The second kappa shape index (κ2) is 11.1. The standard InChI is InChI=1S/C21H24ClN3O4/c1-3-14(2)29-16-10-8-15(9-11-16)21(28)25-24-20(27)13-12-19(26)23-18-7-5-4-6-17(18)22/h4-11,14H,3,12-13H2,1-2H3,(H,23,26)(H,24,27)(H,25,28). The van der Waals surface area contributed by atoms with Gasteiger partial charge >= 0.3 is 0 Å². The van der Waals surface area contributed by atoms with Crippen molar-refractivity contribution in [3.8, 4) is 5.75 Å². The molecule has 2 aromatic carbocycles. The number of para-hydroxylation sites is 1. The Morgan fingerprint density at radius 1 is 0.966 bits per heavy atom. The number of hydrazine groups is 1. The Bertz CT molecular complexity index is 855. The number of ether oxygens (including phenoxy) is 1. The van der Waals surface area contributed by atoms with E-state index in [1.165, 1.54) is 0 Å². The fourth-order valence-electron chi connectivity index (χ4n) is 2.26. The summed E-state index contributed by atoms with van der Waals surface area (Å²) in [5.74, 6) is -0.626. The molecule has 8 heteroatoms. The Morgan fingerprint density at radius 3 is 2.28 bits per heavy atom. The third kappa shape index (κ3) is 7.46. The van der Waals surface area contributed by atoms with Gasteiger partial charge in [0.05, 0.1) is 16.8 Å². The maximum atomic E-state index is 12.1. The van der Waals surface area contributed by atoms with Gasteiger partial charge in [0.2, 0.25) is 11.8 Å². The van der Waals surface area contributed by atoms with E-state index >= 15 is 0 Å². The fourth-order valence-corrected chi connectivity index (χ4v) is 2.45. The first-order chi connectivity index (χ1) is 13.9. The molecule has 0 spiro atoms. The van der Waals surface area contributed by atoms with Crippen LogP contribution < -0.4 is 20.9 Å². The predicted octanol–water partition coefficient (Wildman–Crippen LogP) is 3.70. The molecule has 3 N–H and O–H groups in total. The van der Waals surface area contributed by atoms with Crippen molar-refractivity contribution in [2.45, 2.75) is 39.2 Å². The SMILES string of the molecule is CCC(C)Oc1ccc(C(=O)NNC(=O)CCC(=O)Nc2ccccc2Cl)cc1. The Balaban J connectivity index is 1.73. The molecule has 7 nitrogen and oxygen atoms in total. The number of carbonyl (C=O) groups excluding carboxylic acids is 3. The topological polar surface area (TPSA) is 96.5 Å². The summed E-state index contributed by atoms with van der Waals surface area (Å²) in [7, 11) is 0. The molecule has 0 radical (unpaired) electrons. The number of halogens is 1. The number of benzene rings is 2. The second-order valence-electron chi connectivity index (χ2n) is 6.39. The zero-order valence-electron chi connectivity index (χ0n) is 16.3. The van der Waals surface area contributed by atoms with Crippen LogP contribution in [0.15, 0.2) is 48.5 Å². The molecule has 3 amide bonds. The minimum atomic E-state index is -0.482. The summed E-state index contributed by atoms with van der Waals surface area (Å²) in [5.41, 5.74) is 5.47. The fraction of sp³-hybridized carbons (Fsp3) is 0.286. The molecule has 0 aliphatic heterocycles. The molecule has 154 valence electrons. The van der Waals surface area contributed by atoms with Crippen molar-refractivity contribution in [3.05, 3.63) is 59.1 Å². The lowest BCUT2D eigenvalue weighted by atomic mass is 10.2. The number of anilines is 1. The molecule has 0 aliphatic rings. The molecule has 2 rings (SSSR count). The van der Waals surface area contributed by atoms with Gasteiger partial charge in [0.15, 0.2) is 0 Å². The first-order valence-electron chi connectivity index (χ1n) is 9.29. The molecular formula is C21H24ClN3O4. The molecule has 29 heavy (non-hydrogen) atoms. The van der Waals surface area contributed by atoms with E-state index in [2.05, 4.69) is 16.2 Å². The van der Waals surface area contributed by atoms with Crippen LogP contribution in [0.25, 0.3) is 0 Å². The third-order valence-corrected chi connectivity index (χ3v) is 4.40. The summed E-state index contributed by atoms with van der Waals surface area (Å²) < 4.78 is 5.65. The average Bonchev–Trinajstić information content (AvgIpc) is 2.72. The second-order valence-corrected chi connectivity index (χ2v) is 6.80. The van der Waals surface area contributed by atoms with Crippen LogP contribution in [0.2, 0.25) is 5.02 Å². The summed E-state index contributed by atoms with van der Waals surface area (Å²) in [6, 6.07) is 13.4. The largest absolute Gasteiger partial charge is 0.491 e. The smallest absolute Gasteiger partial charge is 0.269 e. The van der Waals surface area contributed by atoms with E-state index < -0.39 is 11.8 Å². The van der Waals surface area contributed by atoms with Gasteiger partial charge in [-0.05, 0) is 49.7 Å². The molecule has 0 bridgehead atoms.